The van der Waals surface area contributed by atoms with E-state index in [9.17, 15) is 4.79 Å². The lowest BCUT2D eigenvalue weighted by molar-refractivity contribution is 0.0600. The molecular formula is C9H13N3O3. The predicted molar refractivity (Wildman–Crippen MR) is 53.2 cm³/mol. The van der Waals surface area contributed by atoms with Crippen LogP contribution in [0.2, 0.25) is 0 Å². The lowest BCUT2D eigenvalue weighted by Crippen LogP contribution is -2.12. The fourth-order valence-electron chi connectivity index (χ4n) is 0.978. The second-order valence-electron chi connectivity index (χ2n) is 2.90. The zero-order valence-corrected chi connectivity index (χ0v) is 8.85. The predicted octanol–water partition coefficient (Wildman–Crippen LogP) is 0.553. The summed E-state index contributed by atoms with van der Waals surface area (Å²) in [6, 6.07) is 0. The third kappa shape index (κ3) is 2.41. The maximum absolute atomic E-state index is 11.2. The van der Waals surface area contributed by atoms with Gasteiger partial charge >= 0.3 is 5.97 Å². The molecule has 1 aromatic rings. The molecule has 0 aliphatic rings. The summed E-state index contributed by atoms with van der Waals surface area (Å²) in [4.78, 5) is 19.1. The molecule has 6 nitrogen and oxygen atoms in total. The number of carbonyl (C=O) groups is 1. The molecule has 0 saturated carbocycles. The first kappa shape index (κ1) is 11.4. The van der Waals surface area contributed by atoms with Crippen LogP contribution in [-0.2, 0) is 9.47 Å². The Balaban J connectivity index is 3.03. The standard InChI is InChI=1S/C9H13N3O3/c1-5(14-2)8-11-4-6(7(10)12-8)9(13)15-3/h4-5H,1-3H3,(H2,10,11,12). The Labute approximate surface area is 87.4 Å². The van der Waals surface area contributed by atoms with E-state index in [2.05, 4.69) is 14.7 Å². The number of carbonyl (C=O) groups excluding carboxylic acids is 1. The highest BCUT2D eigenvalue weighted by Crippen LogP contribution is 2.14. The lowest BCUT2D eigenvalue weighted by Gasteiger charge is -2.09. The Morgan fingerprint density at radius 2 is 2.20 bits per heavy atom. The largest absolute Gasteiger partial charge is 0.465 e. The molecule has 1 heterocycles. The Hall–Kier alpha value is -1.69. The van der Waals surface area contributed by atoms with E-state index in [1.165, 1.54) is 13.3 Å². The Bertz CT molecular complexity index is 368. The molecular weight excluding hydrogens is 198 g/mol. The third-order valence-electron chi connectivity index (χ3n) is 1.96. The number of hydrogen-bond acceptors (Lipinski definition) is 6. The molecule has 0 bridgehead atoms. The number of nitrogens with two attached hydrogens (primary N) is 1. The van der Waals surface area contributed by atoms with E-state index in [4.69, 9.17) is 10.5 Å². The molecule has 82 valence electrons. The normalized spacial score (nSPS) is 12.2. The SMILES string of the molecule is COC(=O)c1cnc(C(C)OC)nc1N. The molecule has 0 radical (unpaired) electrons. The van der Waals surface area contributed by atoms with Crippen LogP contribution in [-0.4, -0.2) is 30.2 Å². The first-order valence-electron chi connectivity index (χ1n) is 4.33. The minimum Gasteiger partial charge on any atom is -0.465 e. The Kier molecular flexibility index (Phi) is 3.56. The second kappa shape index (κ2) is 4.70. The summed E-state index contributed by atoms with van der Waals surface area (Å²) in [5.41, 5.74) is 5.74. The zero-order valence-electron chi connectivity index (χ0n) is 8.85. The fourth-order valence-corrected chi connectivity index (χ4v) is 0.978. The average molecular weight is 211 g/mol. The van der Waals surface area contributed by atoms with E-state index in [0.717, 1.165) is 0 Å². The van der Waals surface area contributed by atoms with E-state index in [-0.39, 0.29) is 17.5 Å². The van der Waals surface area contributed by atoms with Crippen molar-refractivity contribution < 1.29 is 14.3 Å². The minimum atomic E-state index is -0.552. The maximum Gasteiger partial charge on any atom is 0.343 e. The molecule has 15 heavy (non-hydrogen) atoms. The van der Waals surface area contributed by atoms with E-state index < -0.39 is 5.97 Å². The quantitative estimate of drug-likeness (QED) is 0.735. The van der Waals surface area contributed by atoms with Crippen LogP contribution >= 0.6 is 0 Å². The number of rotatable bonds is 3. The van der Waals surface area contributed by atoms with Crippen LogP contribution in [0.3, 0.4) is 0 Å². The summed E-state index contributed by atoms with van der Waals surface area (Å²) in [7, 11) is 2.81. The number of methoxy groups -OCH3 is 2. The van der Waals surface area contributed by atoms with Gasteiger partial charge in [0.05, 0.1) is 7.11 Å². The van der Waals surface area contributed by atoms with Crippen LogP contribution in [0.5, 0.6) is 0 Å². The highest BCUT2D eigenvalue weighted by Gasteiger charge is 2.15. The second-order valence-corrected chi connectivity index (χ2v) is 2.90. The fraction of sp³-hybridized carbons (Fsp3) is 0.444. The van der Waals surface area contributed by atoms with Crippen LogP contribution in [0, 0.1) is 0 Å². The van der Waals surface area contributed by atoms with Crippen molar-refractivity contribution in [2.75, 3.05) is 20.0 Å². The lowest BCUT2D eigenvalue weighted by atomic mass is 10.3. The monoisotopic (exact) mass is 211 g/mol. The Morgan fingerprint density at radius 1 is 1.53 bits per heavy atom. The number of hydrogen-bond donors (Lipinski definition) is 1. The zero-order chi connectivity index (χ0) is 11.4. The first-order chi connectivity index (χ1) is 7.10. The maximum atomic E-state index is 11.2. The van der Waals surface area contributed by atoms with Crippen molar-refractivity contribution in [3.63, 3.8) is 0 Å². The topological polar surface area (TPSA) is 87.3 Å². The molecule has 1 aromatic heterocycles. The molecule has 6 heteroatoms. The van der Waals surface area contributed by atoms with E-state index in [0.29, 0.717) is 5.82 Å². The van der Waals surface area contributed by atoms with Gasteiger partial charge < -0.3 is 15.2 Å². The van der Waals surface area contributed by atoms with Gasteiger partial charge in [0.15, 0.2) is 5.82 Å². The number of ether oxygens (including phenoxy) is 2. The molecule has 0 aliphatic carbocycles. The van der Waals surface area contributed by atoms with Crippen LogP contribution in [0.15, 0.2) is 6.20 Å². The van der Waals surface area contributed by atoms with Gasteiger partial charge in [-0.2, -0.15) is 0 Å². The summed E-state index contributed by atoms with van der Waals surface area (Å²) in [5, 5.41) is 0. The number of esters is 1. The van der Waals surface area contributed by atoms with Crippen molar-refractivity contribution in [3.8, 4) is 0 Å². The number of aromatic nitrogens is 2. The first-order valence-corrected chi connectivity index (χ1v) is 4.33. The summed E-state index contributed by atoms with van der Waals surface area (Å²) in [6.07, 6.45) is 1.07. The number of anilines is 1. The highest BCUT2D eigenvalue weighted by molar-refractivity contribution is 5.93. The van der Waals surface area contributed by atoms with Gasteiger partial charge in [0, 0.05) is 13.3 Å². The van der Waals surface area contributed by atoms with Crippen molar-refractivity contribution >= 4 is 11.8 Å². The van der Waals surface area contributed by atoms with Crippen LogP contribution < -0.4 is 5.73 Å². The molecule has 1 atom stereocenters. The molecule has 0 aliphatic heterocycles. The Morgan fingerprint density at radius 3 is 2.67 bits per heavy atom. The van der Waals surface area contributed by atoms with Gasteiger partial charge in [-0.25, -0.2) is 14.8 Å². The number of nitrogens with zero attached hydrogens (tertiary/aromatic N) is 2. The van der Waals surface area contributed by atoms with Gasteiger partial charge in [0.1, 0.15) is 17.5 Å². The molecule has 0 saturated heterocycles. The average Bonchev–Trinajstić information content (AvgIpc) is 2.26. The summed E-state index contributed by atoms with van der Waals surface area (Å²) in [5.74, 6) is -0.0254. The van der Waals surface area contributed by atoms with Crippen molar-refractivity contribution in [1.29, 1.82) is 0 Å². The summed E-state index contributed by atoms with van der Waals surface area (Å²) in [6.45, 7) is 1.78. The molecule has 0 spiro atoms. The molecule has 1 unspecified atom stereocenters. The van der Waals surface area contributed by atoms with Crippen LogP contribution in [0.1, 0.15) is 29.2 Å². The smallest absolute Gasteiger partial charge is 0.343 e. The van der Waals surface area contributed by atoms with Crippen molar-refractivity contribution in [2.24, 2.45) is 0 Å². The van der Waals surface area contributed by atoms with E-state index in [1.54, 1.807) is 14.0 Å². The van der Waals surface area contributed by atoms with Gasteiger partial charge in [0.25, 0.3) is 0 Å². The van der Waals surface area contributed by atoms with Crippen LogP contribution in [0.4, 0.5) is 5.82 Å². The summed E-state index contributed by atoms with van der Waals surface area (Å²) < 4.78 is 9.53. The van der Waals surface area contributed by atoms with Crippen molar-refractivity contribution in [2.45, 2.75) is 13.0 Å². The van der Waals surface area contributed by atoms with Gasteiger partial charge in [-0.1, -0.05) is 0 Å². The van der Waals surface area contributed by atoms with Crippen LogP contribution in [0.25, 0.3) is 0 Å². The number of nitrogen functional groups attached to an aromatic ring is 1. The molecule has 0 fully saturated rings. The van der Waals surface area contributed by atoms with Gasteiger partial charge in [0.2, 0.25) is 0 Å². The molecule has 0 aromatic carbocycles. The van der Waals surface area contributed by atoms with E-state index >= 15 is 0 Å². The summed E-state index contributed by atoms with van der Waals surface area (Å²) >= 11 is 0. The van der Waals surface area contributed by atoms with Gasteiger partial charge in [-0.05, 0) is 6.92 Å². The van der Waals surface area contributed by atoms with Crippen molar-refractivity contribution in [3.05, 3.63) is 17.6 Å². The van der Waals surface area contributed by atoms with E-state index in [1.807, 2.05) is 0 Å². The minimum absolute atomic E-state index is 0.0933. The highest BCUT2D eigenvalue weighted by atomic mass is 16.5. The van der Waals surface area contributed by atoms with Gasteiger partial charge in [-0.3, -0.25) is 0 Å². The molecule has 2 N–H and O–H groups in total. The van der Waals surface area contributed by atoms with Gasteiger partial charge in [-0.15, -0.1) is 0 Å². The molecule has 1 rings (SSSR count). The van der Waals surface area contributed by atoms with Crippen molar-refractivity contribution in [1.82, 2.24) is 9.97 Å². The molecule has 0 amide bonds. The third-order valence-corrected chi connectivity index (χ3v) is 1.96.